The number of amides is 1. The van der Waals surface area contributed by atoms with Crippen molar-refractivity contribution in [2.24, 2.45) is 0 Å². The molecule has 16 heteroatoms. The molecular formula is C35H33F6N7O2S. The summed E-state index contributed by atoms with van der Waals surface area (Å²) in [6.07, 6.45) is -2.89. The van der Waals surface area contributed by atoms with E-state index in [2.05, 4.69) is 16.5 Å². The van der Waals surface area contributed by atoms with Gasteiger partial charge < -0.3 is 20.3 Å². The molecule has 0 spiro atoms. The first kappa shape index (κ1) is 34.8. The van der Waals surface area contributed by atoms with Crippen molar-refractivity contribution in [3.63, 3.8) is 0 Å². The summed E-state index contributed by atoms with van der Waals surface area (Å²) in [7, 11) is 1.59. The number of nitrogen functional groups attached to an aromatic ring is 1. The summed E-state index contributed by atoms with van der Waals surface area (Å²) in [6, 6.07) is 3.24. The maximum Gasteiger partial charge on any atom is 0.417 e. The number of rotatable bonds is 7. The third-order valence-electron chi connectivity index (χ3n) is 10.6. The summed E-state index contributed by atoms with van der Waals surface area (Å²) in [6.45, 7) is 6.57. The second kappa shape index (κ2) is 12.6. The molecule has 51 heavy (non-hydrogen) atoms. The zero-order valence-electron chi connectivity index (χ0n) is 27.7. The largest absolute Gasteiger partial charge is 0.461 e. The SMILES string of the molecule is C=CC(=O)N1CC[C@@H](N(C)c2nc(OC[C@@]34CCCN3C[C@H](F)C4)nc3c(F)c(-c4ccc(F)c5sc(N)c(C#N)c45)c(C(F)(F)F)cc23)[C@@H]1C. The van der Waals surface area contributed by atoms with Gasteiger partial charge in [-0.25, -0.2) is 13.2 Å². The zero-order valence-corrected chi connectivity index (χ0v) is 28.5. The lowest BCUT2D eigenvalue weighted by atomic mass is 9.92. The summed E-state index contributed by atoms with van der Waals surface area (Å²) in [5, 5.41) is 9.17. The van der Waals surface area contributed by atoms with Crippen LogP contribution in [0.1, 0.15) is 43.7 Å². The highest BCUT2D eigenvalue weighted by atomic mass is 32.1. The number of carbonyl (C=O) groups is 1. The Bertz CT molecular complexity index is 2130. The van der Waals surface area contributed by atoms with E-state index in [4.69, 9.17) is 10.5 Å². The molecule has 5 heterocycles. The molecule has 2 aromatic carbocycles. The second-order valence-corrected chi connectivity index (χ2v) is 14.4. The van der Waals surface area contributed by atoms with Crippen molar-refractivity contribution in [3.8, 4) is 23.2 Å². The minimum atomic E-state index is -5.13. The van der Waals surface area contributed by atoms with Crippen LogP contribution in [0.4, 0.5) is 37.2 Å². The molecular weight excluding hydrogens is 696 g/mol. The lowest BCUT2D eigenvalue weighted by Crippen LogP contribution is -2.44. The van der Waals surface area contributed by atoms with Crippen LogP contribution in [0.2, 0.25) is 0 Å². The van der Waals surface area contributed by atoms with E-state index in [-0.39, 0.29) is 68.9 Å². The number of fused-ring (bicyclic) bond motifs is 3. The van der Waals surface area contributed by atoms with Crippen LogP contribution in [0.25, 0.3) is 32.1 Å². The van der Waals surface area contributed by atoms with E-state index in [1.165, 1.54) is 6.08 Å². The molecule has 2 aromatic heterocycles. The van der Waals surface area contributed by atoms with Gasteiger partial charge in [0.25, 0.3) is 0 Å². The highest BCUT2D eigenvalue weighted by Crippen LogP contribution is 2.48. The van der Waals surface area contributed by atoms with Crippen LogP contribution < -0.4 is 15.4 Å². The number of alkyl halides is 4. The number of carbonyl (C=O) groups excluding carboxylic acids is 1. The summed E-state index contributed by atoms with van der Waals surface area (Å²) >= 11 is 0.674. The van der Waals surface area contributed by atoms with Gasteiger partial charge in [-0.2, -0.15) is 28.4 Å². The van der Waals surface area contributed by atoms with Crippen LogP contribution in [0.3, 0.4) is 0 Å². The molecule has 3 saturated heterocycles. The number of anilines is 2. The highest BCUT2D eigenvalue weighted by Gasteiger charge is 2.49. The number of thiophene rings is 1. The Labute approximate surface area is 292 Å². The zero-order chi connectivity index (χ0) is 36.6. The van der Waals surface area contributed by atoms with Crippen LogP contribution in [0.5, 0.6) is 6.01 Å². The molecule has 0 radical (unpaired) electrons. The molecule has 2 N–H and O–H groups in total. The molecule has 1 amide bonds. The average Bonchev–Trinajstić information content (AvgIpc) is 3.83. The topological polar surface area (TPSA) is 112 Å². The molecule has 4 aromatic rings. The molecule has 9 nitrogen and oxygen atoms in total. The van der Waals surface area contributed by atoms with E-state index in [0.717, 1.165) is 24.6 Å². The predicted octanol–water partition coefficient (Wildman–Crippen LogP) is 6.83. The fourth-order valence-electron chi connectivity index (χ4n) is 8.19. The summed E-state index contributed by atoms with van der Waals surface area (Å²) in [4.78, 5) is 26.6. The third-order valence-corrected chi connectivity index (χ3v) is 11.7. The van der Waals surface area contributed by atoms with Gasteiger partial charge in [-0.15, -0.1) is 11.3 Å². The number of likely N-dealkylation sites (tertiary alicyclic amines) is 1. The van der Waals surface area contributed by atoms with Crippen LogP contribution in [-0.2, 0) is 11.0 Å². The molecule has 4 atom stereocenters. The number of hydrogen-bond donors (Lipinski definition) is 1. The number of nitrogens with zero attached hydrogens (tertiary/aromatic N) is 6. The normalized spacial score (nSPS) is 23.6. The molecule has 7 rings (SSSR count). The number of aromatic nitrogens is 2. The van der Waals surface area contributed by atoms with Gasteiger partial charge in [-0.05, 0) is 56.5 Å². The molecule has 3 aliphatic rings. The molecule has 3 fully saturated rings. The number of benzene rings is 2. The number of halogens is 6. The van der Waals surface area contributed by atoms with Gasteiger partial charge >= 0.3 is 12.2 Å². The minimum Gasteiger partial charge on any atom is -0.461 e. The van der Waals surface area contributed by atoms with E-state index in [1.807, 2.05) is 11.0 Å². The maximum absolute atomic E-state index is 17.1. The standard InChI is InChI=1S/C35H33F6N7O2S/c1-4-25(49)48-11-8-24(17(48)2)46(3)32-20-12-22(35(39,40)41)27(19-6-7-23(37)30-26(19)21(14-42)31(43)51-30)28(38)29(20)44-33(45-32)50-16-34-9-5-10-47(34)15-18(36)13-34/h4,6-7,12,17-18,24H,1,5,8-11,13,15-16,43H2,2-3H3/t17-,18+,24+,34-/m0/s1. The first-order chi connectivity index (χ1) is 24.2. The van der Waals surface area contributed by atoms with Gasteiger partial charge in [0.05, 0.1) is 27.4 Å². The van der Waals surface area contributed by atoms with E-state index in [9.17, 15) is 18.8 Å². The van der Waals surface area contributed by atoms with E-state index in [1.54, 1.807) is 23.8 Å². The summed E-state index contributed by atoms with van der Waals surface area (Å²) in [5.74, 6) is -2.62. The summed E-state index contributed by atoms with van der Waals surface area (Å²) in [5.41, 5.74) is 1.81. The Morgan fingerprint density at radius 2 is 2.06 bits per heavy atom. The average molecular weight is 730 g/mol. The highest BCUT2D eigenvalue weighted by molar-refractivity contribution is 7.23. The Kier molecular flexibility index (Phi) is 8.57. The van der Waals surface area contributed by atoms with E-state index >= 15 is 17.6 Å². The predicted molar refractivity (Wildman–Crippen MR) is 181 cm³/mol. The maximum atomic E-state index is 17.1. The van der Waals surface area contributed by atoms with Crippen molar-refractivity contribution in [3.05, 3.63) is 53.6 Å². The number of nitrogens with two attached hydrogens (primary N) is 1. The van der Waals surface area contributed by atoms with Crippen molar-refractivity contribution in [2.75, 3.05) is 43.9 Å². The van der Waals surface area contributed by atoms with Crippen LogP contribution in [-0.4, -0.2) is 82.8 Å². The summed E-state index contributed by atoms with van der Waals surface area (Å²) < 4.78 is 97.6. The van der Waals surface area contributed by atoms with Crippen molar-refractivity contribution < 1.29 is 35.9 Å². The van der Waals surface area contributed by atoms with Gasteiger partial charge in [0.15, 0.2) is 5.82 Å². The second-order valence-electron chi connectivity index (χ2n) is 13.4. The number of likely N-dealkylation sites (N-methyl/N-ethyl adjacent to an activating group) is 1. The molecule has 3 aliphatic heterocycles. The Morgan fingerprint density at radius 1 is 1.29 bits per heavy atom. The first-order valence-electron chi connectivity index (χ1n) is 16.4. The van der Waals surface area contributed by atoms with Crippen molar-refractivity contribution in [2.45, 2.75) is 62.6 Å². The van der Waals surface area contributed by atoms with Gasteiger partial charge in [-0.1, -0.05) is 12.6 Å². The molecule has 0 saturated carbocycles. The third kappa shape index (κ3) is 5.61. The Balaban J connectivity index is 1.45. The van der Waals surface area contributed by atoms with Crippen molar-refractivity contribution in [1.82, 2.24) is 19.8 Å². The van der Waals surface area contributed by atoms with Gasteiger partial charge in [0.1, 0.15) is 41.0 Å². The fraction of sp³-hybridized carbons (Fsp3) is 0.429. The lowest BCUT2D eigenvalue weighted by molar-refractivity contribution is -0.137. The molecule has 0 aliphatic carbocycles. The van der Waals surface area contributed by atoms with E-state index in [0.29, 0.717) is 37.3 Å². The van der Waals surface area contributed by atoms with Gasteiger partial charge in [0.2, 0.25) is 5.91 Å². The number of ether oxygens (including phenoxy) is 1. The first-order valence-corrected chi connectivity index (χ1v) is 17.2. The lowest BCUT2D eigenvalue weighted by Gasteiger charge is -2.33. The molecule has 268 valence electrons. The van der Waals surface area contributed by atoms with Gasteiger partial charge in [0, 0.05) is 48.9 Å². The van der Waals surface area contributed by atoms with E-state index < -0.39 is 58.2 Å². The van der Waals surface area contributed by atoms with Crippen LogP contribution in [0.15, 0.2) is 30.9 Å². The van der Waals surface area contributed by atoms with Crippen LogP contribution >= 0.6 is 11.3 Å². The molecule has 0 unspecified atom stereocenters. The van der Waals surface area contributed by atoms with Crippen molar-refractivity contribution in [1.29, 1.82) is 5.26 Å². The quantitative estimate of drug-likeness (QED) is 0.163. The monoisotopic (exact) mass is 729 g/mol. The fourth-order valence-corrected chi connectivity index (χ4v) is 9.14. The number of nitriles is 1. The molecule has 0 bridgehead atoms. The Morgan fingerprint density at radius 3 is 2.76 bits per heavy atom. The number of hydrogen-bond acceptors (Lipinski definition) is 9. The van der Waals surface area contributed by atoms with Crippen molar-refractivity contribution >= 4 is 49.1 Å². The smallest absolute Gasteiger partial charge is 0.417 e. The minimum absolute atomic E-state index is 0.0308. The van der Waals surface area contributed by atoms with Gasteiger partial charge in [-0.3, -0.25) is 9.69 Å². The van der Waals surface area contributed by atoms with Crippen LogP contribution in [0, 0.1) is 23.0 Å². The Hall–Kier alpha value is -4.62.